The Balaban J connectivity index is 1.65. The van der Waals surface area contributed by atoms with Crippen molar-refractivity contribution in [2.45, 2.75) is 37.6 Å². The Labute approximate surface area is 164 Å². The van der Waals surface area contributed by atoms with E-state index >= 15 is 0 Å². The molecule has 27 heavy (non-hydrogen) atoms. The van der Waals surface area contributed by atoms with E-state index in [0.717, 1.165) is 27.2 Å². The van der Waals surface area contributed by atoms with Gasteiger partial charge in [-0.05, 0) is 53.1 Å². The van der Waals surface area contributed by atoms with Crippen molar-refractivity contribution in [3.63, 3.8) is 0 Å². The summed E-state index contributed by atoms with van der Waals surface area (Å²) in [4.78, 5) is 17.6. The monoisotopic (exact) mass is 397 g/mol. The summed E-state index contributed by atoms with van der Waals surface area (Å²) < 4.78 is 5.42. The van der Waals surface area contributed by atoms with Gasteiger partial charge in [0.05, 0.1) is 4.88 Å². The normalized spacial score (nSPS) is 11.6. The zero-order valence-corrected chi connectivity index (χ0v) is 16.9. The molecule has 0 atom stereocenters. The summed E-state index contributed by atoms with van der Waals surface area (Å²) in [5, 5.41) is 10.9. The van der Waals surface area contributed by atoms with Gasteiger partial charge in [-0.1, -0.05) is 31.7 Å². The molecule has 0 amide bonds. The standard InChI is InChI=1S/C20H19N3O2S2/c1-11(2)14-9-15-13(8-18(24)25-16(15)7-12(14)3)10-27-20-21-19(22-23-20)17-5-4-6-26-17/h4-9,11H,10H2,1-3H3,(H,21,22,23). The lowest BCUT2D eigenvalue weighted by Gasteiger charge is -2.12. The number of aryl methyl sites for hydroxylation is 1. The van der Waals surface area contributed by atoms with Crippen molar-refractivity contribution in [3.8, 4) is 10.7 Å². The highest BCUT2D eigenvalue weighted by Crippen LogP contribution is 2.30. The van der Waals surface area contributed by atoms with Crippen molar-refractivity contribution in [1.29, 1.82) is 0 Å². The van der Waals surface area contributed by atoms with E-state index in [1.165, 1.54) is 17.3 Å². The van der Waals surface area contributed by atoms with Crippen LogP contribution >= 0.6 is 23.1 Å². The first-order valence-corrected chi connectivity index (χ1v) is 10.5. The highest BCUT2D eigenvalue weighted by atomic mass is 32.2. The van der Waals surface area contributed by atoms with Gasteiger partial charge in [0.1, 0.15) is 5.58 Å². The van der Waals surface area contributed by atoms with Gasteiger partial charge >= 0.3 is 5.63 Å². The van der Waals surface area contributed by atoms with Crippen molar-refractivity contribution in [3.05, 3.63) is 62.8 Å². The molecule has 4 aromatic rings. The molecular formula is C20H19N3O2S2. The van der Waals surface area contributed by atoms with Crippen LogP contribution in [-0.2, 0) is 5.75 Å². The van der Waals surface area contributed by atoms with Gasteiger partial charge < -0.3 is 4.42 Å². The first-order valence-electron chi connectivity index (χ1n) is 8.67. The number of thiophene rings is 1. The maximum absolute atomic E-state index is 12.0. The van der Waals surface area contributed by atoms with E-state index < -0.39 is 0 Å². The largest absolute Gasteiger partial charge is 0.423 e. The van der Waals surface area contributed by atoms with Crippen LogP contribution in [0.1, 0.15) is 36.5 Å². The number of H-pyrrole nitrogens is 1. The van der Waals surface area contributed by atoms with Crippen LogP contribution in [0.2, 0.25) is 0 Å². The predicted octanol–water partition coefficient (Wildman–Crippen LogP) is 5.36. The summed E-state index contributed by atoms with van der Waals surface area (Å²) in [6.07, 6.45) is 0. The molecule has 0 aliphatic heterocycles. The van der Waals surface area contributed by atoms with E-state index in [-0.39, 0.29) is 5.63 Å². The van der Waals surface area contributed by atoms with Crippen LogP contribution in [0.4, 0.5) is 0 Å². The van der Waals surface area contributed by atoms with Crippen molar-refractivity contribution in [2.75, 3.05) is 0 Å². The molecule has 4 rings (SSSR count). The zero-order valence-electron chi connectivity index (χ0n) is 15.3. The van der Waals surface area contributed by atoms with Gasteiger partial charge in [0.15, 0.2) is 5.82 Å². The molecule has 1 aromatic carbocycles. The van der Waals surface area contributed by atoms with E-state index in [1.807, 2.05) is 23.6 Å². The van der Waals surface area contributed by atoms with Crippen molar-refractivity contribution in [2.24, 2.45) is 0 Å². The lowest BCUT2D eigenvalue weighted by atomic mass is 9.95. The maximum atomic E-state index is 12.0. The maximum Gasteiger partial charge on any atom is 0.336 e. The van der Waals surface area contributed by atoms with Crippen LogP contribution in [0, 0.1) is 6.92 Å². The van der Waals surface area contributed by atoms with Crippen LogP contribution < -0.4 is 5.63 Å². The molecule has 0 aliphatic carbocycles. The Morgan fingerprint density at radius 1 is 1.30 bits per heavy atom. The lowest BCUT2D eigenvalue weighted by molar-refractivity contribution is 0.559. The van der Waals surface area contributed by atoms with Gasteiger partial charge in [0, 0.05) is 17.2 Å². The Bertz CT molecular complexity index is 1140. The van der Waals surface area contributed by atoms with Crippen molar-refractivity contribution in [1.82, 2.24) is 15.2 Å². The summed E-state index contributed by atoms with van der Waals surface area (Å²) in [5.74, 6) is 1.77. The van der Waals surface area contributed by atoms with E-state index in [9.17, 15) is 4.79 Å². The fourth-order valence-corrected chi connectivity index (χ4v) is 4.56. The minimum atomic E-state index is -0.330. The smallest absolute Gasteiger partial charge is 0.336 e. The molecule has 138 valence electrons. The van der Waals surface area contributed by atoms with Crippen LogP contribution in [0.25, 0.3) is 21.7 Å². The minimum Gasteiger partial charge on any atom is -0.423 e. The summed E-state index contributed by atoms with van der Waals surface area (Å²) in [6.45, 7) is 6.39. The number of hydrogen-bond acceptors (Lipinski definition) is 6. The second-order valence-electron chi connectivity index (χ2n) is 6.68. The van der Waals surface area contributed by atoms with Crippen LogP contribution in [0.15, 0.2) is 50.1 Å². The van der Waals surface area contributed by atoms with Gasteiger partial charge in [-0.15, -0.1) is 16.4 Å². The number of benzene rings is 1. The van der Waals surface area contributed by atoms with Crippen molar-refractivity contribution >= 4 is 34.1 Å². The number of nitrogens with zero attached hydrogens (tertiary/aromatic N) is 2. The highest BCUT2D eigenvalue weighted by Gasteiger charge is 2.13. The summed E-state index contributed by atoms with van der Waals surface area (Å²) in [5.41, 5.74) is 3.65. The van der Waals surface area contributed by atoms with Crippen LogP contribution in [-0.4, -0.2) is 15.2 Å². The zero-order chi connectivity index (χ0) is 19.0. The van der Waals surface area contributed by atoms with E-state index in [0.29, 0.717) is 22.4 Å². The molecule has 0 spiro atoms. The molecule has 0 aliphatic rings. The third kappa shape index (κ3) is 3.70. The third-order valence-electron chi connectivity index (χ3n) is 4.42. The average Bonchev–Trinajstić information content (AvgIpc) is 3.30. The lowest BCUT2D eigenvalue weighted by Crippen LogP contribution is -2.02. The molecule has 3 heterocycles. The molecule has 0 saturated carbocycles. The number of nitrogens with one attached hydrogen (secondary N) is 1. The first-order chi connectivity index (χ1) is 13.0. The fourth-order valence-electron chi connectivity index (χ4n) is 3.11. The molecule has 0 radical (unpaired) electrons. The Morgan fingerprint density at radius 2 is 2.15 bits per heavy atom. The van der Waals surface area contributed by atoms with Gasteiger partial charge in [-0.2, -0.15) is 0 Å². The number of rotatable bonds is 5. The molecular weight excluding hydrogens is 378 g/mol. The predicted molar refractivity (Wildman–Crippen MR) is 111 cm³/mol. The summed E-state index contributed by atoms with van der Waals surface area (Å²) >= 11 is 3.12. The summed E-state index contributed by atoms with van der Waals surface area (Å²) in [7, 11) is 0. The second kappa shape index (κ2) is 7.32. The van der Waals surface area contributed by atoms with Crippen LogP contribution in [0.3, 0.4) is 0 Å². The SMILES string of the molecule is Cc1cc2oc(=O)cc(CSc3n[nH]c(-c4cccs4)n3)c2cc1C(C)C. The Morgan fingerprint density at radius 3 is 2.89 bits per heavy atom. The second-order valence-corrected chi connectivity index (χ2v) is 8.57. The molecule has 0 fully saturated rings. The number of aromatic amines is 1. The number of fused-ring (bicyclic) bond motifs is 1. The third-order valence-corrected chi connectivity index (χ3v) is 6.19. The van der Waals surface area contributed by atoms with Crippen molar-refractivity contribution < 1.29 is 4.42 Å². The van der Waals surface area contributed by atoms with Crippen LogP contribution in [0.5, 0.6) is 0 Å². The quantitative estimate of drug-likeness (QED) is 0.362. The molecule has 7 heteroatoms. The van der Waals surface area contributed by atoms with Gasteiger partial charge in [-0.25, -0.2) is 9.78 Å². The molecule has 3 aromatic heterocycles. The molecule has 0 bridgehead atoms. The van der Waals surface area contributed by atoms with Gasteiger partial charge in [0.25, 0.3) is 0 Å². The van der Waals surface area contributed by atoms with E-state index in [4.69, 9.17) is 4.42 Å². The molecule has 5 nitrogen and oxygen atoms in total. The topological polar surface area (TPSA) is 71.8 Å². The Kier molecular flexibility index (Phi) is 4.88. The number of aromatic nitrogens is 3. The van der Waals surface area contributed by atoms with Gasteiger partial charge in [0.2, 0.25) is 5.16 Å². The molecule has 0 unspecified atom stereocenters. The number of thioether (sulfide) groups is 1. The summed E-state index contributed by atoms with van der Waals surface area (Å²) in [6, 6.07) is 9.66. The fraction of sp³-hybridized carbons (Fsp3) is 0.250. The highest BCUT2D eigenvalue weighted by molar-refractivity contribution is 7.98. The molecule has 1 N–H and O–H groups in total. The minimum absolute atomic E-state index is 0.330. The first kappa shape index (κ1) is 18.0. The average molecular weight is 398 g/mol. The van der Waals surface area contributed by atoms with E-state index in [2.05, 4.69) is 42.0 Å². The number of hydrogen-bond donors (Lipinski definition) is 1. The molecule has 0 saturated heterocycles. The van der Waals surface area contributed by atoms with E-state index in [1.54, 1.807) is 17.4 Å². The van der Waals surface area contributed by atoms with Gasteiger partial charge in [-0.3, -0.25) is 5.10 Å². The Hall–Kier alpha value is -2.38.